The maximum atomic E-state index is 12.4. The van der Waals surface area contributed by atoms with Crippen molar-refractivity contribution in [2.24, 2.45) is 0 Å². The lowest BCUT2D eigenvalue weighted by Crippen LogP contribution is -2.43. The van der Waals surface area contributed by atoms with Gasteiger partial charge in [0.2, 0.25) is 0 Å². The van der Waals surface area contributed by atoms with Gasteiger partial charge in [0.25, 0.3) is 11.8 Å². The molecule has 2 N–H and O–H groups in total. The minimum Gasteiger partial charge on any atom is -0.494 e. The highest BCUT2D eigenvalue weighted by Crippen LogP contribution is 2.27. The van der Waals surface area contributed by atoms with Gasteiger partial charge in [-0.15, -0.1) is 11.3 Å². The predicted octanol–water partition coefficient (Wildman–Crippen LogP) is 3.40. The molecule has 0 atom stereocenters. The van der Waals surface area contributed by atoms with Crippen LogP contribution in [0.3, 0.4) is 0 Å². The van der Waals surface area contributed by atoms with Gasteiger partial charge in [0.15, 0.2) is 0 Å². The van der Waals surface area contributed by atoms with E-state index in [0.29, 0.717) is 17.9 Å². The first kappa shape index (κ1) is 20.6. The van der Waals surface area contributed by atoms with Crippen LogP contribution < -0.4 is 15.6 Å². The summed E-state index contributed by atoms with van der Waals surface area (Å²) in [4.78, 5) is 29.1. The Labute approximate surface area is 173 Å². The molecule has 0 aliphatic carbocycles. The lowest BCUT2D eigenvalue weighted by Gasteiger charge is -2.11. The molecule has 2 amide bonds. The summed E-state index contributed by atoms with van der Waals surface area (Å²) >= 11 is 1.59. The molecular formula is C21H24N4O3S. The summed E-state index contributed by atoms with van der Waals surface area (Å²) in [5.41, 5.74) is 9.19. The van der Waals surface area contributed by atoms with Crippen LogP contribution in [-0.2, 0) is 11.3 Å². The van der Waals surface area contributed by atoms with Crippen LogP contribution in [0.1, 0.15) is 33.7 Å². The number of amides is 2. The van der Waals surface area contributed by atoms with Crippen molar-refractivity contribution < 1.29 is 14.3 Å². The first-order valence-electron chi connectivity index (χ1n) is 9.30. The zero-order valence-corrected chi connectivity index (χ0v) is 17.7. The first-order chi connectivity index (χ1) is 13.9. The third-order valence-electron chi connectivity index (χ3n) is 4.51. The second-order valence-corrected chi connectivity index (χ2v) is 7.64. The lowest BCUT2D eigenvalue weighted by atomic mass is 10.2. The summed E-state index contributed by atoms with van der Waals surface area (Å²) in [5.74, 6) is -0.00849. The van der Waals surface area contributed by atoms with Crippen LogP contribution in [0.5, 0.6) is 5.75 Å². The number of aryl methyl sites for hydroxylation is 2. The molecule has 152 valence electrons. The molecule has 0 bridgehead atoms. The molecule has 8 heteroatoms. The third-order valence-corrected chi connectivity index (χ3v) is 5.29. The lowest BCUT2D eigenvalue weighted by molar-refractivity contribution is -0.122. The topological polar surface area (TPSA) is 85.3 Å². The maximum absolute atomic E-state index is 12.4. The molecule has 0 radical (unpaired) electrons. The number of hydrazine groups is 1. The van der Waals surface area contributed by atoms with E-state index in [-0.39, 0.29) is 18.4 Å². The largest absolute Gasteiger partial charge is 0.494 e. The monoisotopic (exact) mass is 412 g/mol. The van der Waals surface area contributed by atoms with Gasteiger partial charge in [0.05, 0.1) is 17.3 Å². The Bertz CT molecular complexity index is 1020. The van der Waals surface area contributed by atoms with E-state index in [1.807, 2.05) is 43.7 Å². The van der Waals surface area contributed by atoms with E-state index in [2.05, 4.69) is 15.8 Å². The van der Waals surface area contributed by atoms with Gasteiger partial charge in [-0.3, -0.25) is 20.4 Å². The molecule has 0 fully saturated rings. The molecule has 2 aromatic heterocycles. The number of rotatable bonds is 6. The average molecular weight is 413 g/mol. The van der Waals surface area contributed by atoms with E-state index >= 15 is 0 Å². The van der Waals surface area contributed by atoms with Gasteiger partial charge < -0.3 is 9.30 Å². The van der Waals surface area contributed by atoms with Crippen LogP contribution >= 0.6 is 11.3 Å². The Morgan fingerprint density at radius 2 is 1.86 bits per heavy atom. The van der Waals surface area contributed by atoms with Crippen LogP contribution in [0.15, 0.2) is 35.7 Å². The number of nitrogens with zero attached hydrogens (tertiary/aromatic N) is 2. The summed E-state index contributed by atoms with van der Waals surface area (Å²) in [6.45, 7) is 8.43. The number of carbonyl (C=O) groups is 2. The van der Waals surface area contributed by atoms with Gasteiger partial charge in [0, 0.05) is 27.9 Å². The number of thiazole rings is 1. The van der Waals surface area contributed by atoms with Crippen molar-refractivity contribution in [3.63, 3.8) is 0 Å². The first-order valence-corrected chi connectivity index (χ1v) is 10.2. The molecule has 7 nitrogen and oxygen atoms in total. The molecule has 3 aromatic rings. The van der Waals surface area contributed by atoms with Crippen LogP contribution in [0.2, 0.25) is 0 Å². The van der Waals surface area contributed by atoms with E-state index < -0.39 is 0 Å². The standard InChI is InChI=1S/C21H24N4O3S/c1-5-28-17-8-6-16(7-9-17)21(27)24-23-20(26)11-25-13(2)10-18(14(25)3)19-12-29-15(4)22-19/h6-10,12H,5,11H2,1-4H3,(H,23,26)(H,24,27). The van der Waals surface area contributed by atoms with E-state index in [4.69, 9.17) is 4.74 Å². The van der Waals surface area contributed by atoms with E-state index in [0.717, 1.165) is 27.7 Å². The highest BCUT2D eigenvalue weighted by molar-refractivity contribution is 7.09. The quantitative estimate of drug-likeness (QED) is 0.608. The molecule has 1 aromatic carbocycles. The van der Waals surface area contributed by atoms with Crippen molar-refractivity contribution in [1.29, 1.82) is 0 Å². The summed E-state index contributed by atoms with van der Waals surface area (Å²) in [6.07, 6.45) is 0. The summed E-state index contributed by atoms with van der Waals surface area (Å²) < 4.78 is 7.26. The Hall–Kier alpha value is -3.13. The van der Waals surface area contributed by atoms with Crippen LogP contribution in [0, 0.1) is 20.8 Å². The fourth-order valence-electron chi connectivity index (χ4n) is 3.04. The van der Waals surface area contributed by atoms with Crippen LogP contribution in [0.4, 0.5) is 0 Å². The van der Waals surface area contributed by atoms with Crippen molar-refractivity contribution in [3.8, 4) is 17.0 Å². The number of ether oxygens (including phenoxy) is 1. The Morgan fingerprint density at radius 3 is 2.48 bits per heavy atom. The highest BCUT2D eigenvalue weighted by atomic mass is 32.1. The highest BCUT2D eigenvalue weighted by Gasteiger charge is 2.15. The molecule has 3 rings (SSSR count). The summed E-state index contributed by atoms with van der Waals surface area (Å²) in [7, 11) is 0. The SMILES string of the molecule is CCOc1ccc(C(=O)NNC(=O)Cn2c(C)cc(-c3csc(C)n3)c2C)cc1. The molecular weight excluding hydrogens is 388 g/mol. The van der Waals surface area contributed by atoms with E-state index in [9.17, 15) is 9.59 Å². The zero-order chi connectivity index (χ0) is 21.0. The van der Waals surface area contributed by atoms with Crippen molar-refractivity contribution in [2.45, 2.75) is 34.2 Å². The van der Waals surface area contributed by atoms with E-state index in [1.54, 1.807) is 35.6 Å². The van der Waals surface area contributed by atoms with Crippen molar-refractivity contribution >= 4 is 23.2 Å². The fraction of sp³-hybridized carbons (Fsp3) is 0.286. The normalized spacial score (nSPS) is 10.6. The molecule has 0 saturated carbocycles. The number of hydrogen-bond donors (Lipinski definition) is 2. The van der Waals surface area contributed by atoms with Gasteiger partial charge in [-0.2, -0.15) is 0 Å². The average Bonchev–Trinajstić information content (AvgIpc) is 3.25. The number of benzene rings is 1. The number of nitrogens with one attached hydrogen (secondary N) is 2. The number of aromatic nitrogens is 2. The Kier molecular flexibility index (Phi) is 6.33. The minimum absolute atomic E-state index is 0.102. The molecule has 0 spiro atoms. The van der Waals surface area contributed by atoms with Gasteiger partial charge in [-0.25, -0.2) is 4.98 Å². The smallest absolute Gasteiger partial charge is 0.269 e. The van der Waals surface area contributed by atoms with Gasteiger partial charge in [0.1, 0.15) is 12.3 Å². The van der Waals surface area contributed by atoms with Crippen molar-refractivity contribution in [1.82, 2.24) is 20.4 Å². The molecule has 29 heavy (non-hydrogen) atoms. The molecule has 0 unspecified atom stereocenters. The van der Waals surface area contributed by atoms with E-state index in [1.165, 1.54) is 0 Å². The number of hydrogen-bond acceptors (Lipinski definition) is 5. The van der Waals surface area contributed by atoms with Crippen molar-refractivity contribution in [3.05, 3.63) is 57.7 Å². The molecule has 2 heterocycles. The molecule has 0 aliphatic heterocycles. The second kappa shape index (κ2) is 8.91. The number of carbonyl (C=O) groups excluding carboxylic acids is 2. The molecule has 0 saturated heterocycles. The zero-order valence-electron chi connectivity index (χ0n) is 16.9. The summed E-state index contributed by atoms with van der Waals surface area (Å²) in [5, 5.41) is 3.01. The third kappa shape index (κ3) is 4.83. The minimum atomic E-state index is -0.388. The van der Waals surface area contributed by atoms with Crippen molar-refractivity contribution in [2.75, 3.05) is 6.61 Å². The maximum Gasteiger partial charge on any atom is 0.269 e. The Morgan fingerprint density at radius 1 is 1.14 bits per heavy atom. The van der Waals surface area contributed by atoms with Gasteiger partial charge in [-0.05, 0) is 58.0 Å². The Balaban J connectivity index is 1.61. The summed E-state index contributed by atoms with van der Waals surface area (Å²) in [6, 6.07) is 8.75. The van der Waals surface area contributed by atoms with Crippen LogP contribution in [-0.4, -0.2) is 28.0 Å². The second-order valence-electron chi connectivity index (χ2n) is 6.58. The fourth-order valence-corrected chi connectivity index (χ4v) is 3.65. The van der Waals surface area contributed by atoms with Gasteiger partial charge in [-0.1, -0.05) is 0 Å². The van der Waals surface area contributed by atoms with Crippen LogP contribution in [0.25, 0.3) is 11.3 Å². The van der Waals surface area contributed by atoms with Gasteiger partial charge >= 0.3 is 0 Å². The predicted molar refractivity (Wildman–Crippen MR) is 113 cm³/mol. The molecule has 0 aliphatic rings.